The van der Waals surface area contributed by atoms with Crippen molar-refractivity contribution in [3.05, 3.63) is 53.6 Å². The van der Waals surface area contributed by atoms with Crippen LogP contribution in [0.15, 0.2) is 36.4 Å². The van der Waals surface area contributed by atoms with Crippen molar-refractivity contribution in [2.24, 2.45) is 11.8 Å². The number of anilines is 1. The van der Waals surface area contributed by atoms with Crippen molar-refractivity contribution in [2.75, 3.05) is 31.1 Å². The highest BCUT2D eigenvalue weighted by molar-refractivity contribution is 6.04. The minimum absolute atomic E-state index is 0.00869. The fraction of sp³-hybridized carbons (Fsp3) is 0.523. The molecule has 0 radical (unpaired) electrons. The SMILES string of the molecule is C#Cc1c(F)ccc2cc(O)cc(-c3ccc4c(N5CCC6(CCC(C)N6C(=O)[C@@H]6N[C@H]6C6CC6)CC5)nc(OC[C@@]56CC7CC7N5C[C@H](F)C6)nc4c3F)c12. The molecule has 5 saturated heterocycles. The number of alkyl halides is 1. The lowest BCUT2D eigenvalue weighted by molar-refractivity contribution is -0.138. The molecule has 0 bridgehead atoms. The third-order valence-electron chi connectivity index (χ3n) is 14.5. The molecule has 2 saturated carbocycles. The number of terminal acetylenes is 1. The zero-order valence-electron chi connectivity index (χ0n) is 31.4. The number of benzene rings is 3. The predicted octanol–water partition coefficient (Wildman–Crippen LogP) is 6.47. The number of aromatic hydroxyl groups is 1. The van der Waals surface area contributed by atoms with Crippen molar-refractivity contribution >= 4 is 33.4 Å². The van der Waals surface area contributed by atoms with Gasteiger partial charge in [-0.25, -0.2) is 13.2 Å². The molecule has 6 heterocycles. The predicted molar refractivity (Wildman–Crippen MR) is 206 cm³/mol. The largest absolute Gasteiger partial charge is 0.508 e. The molecule has 7 fully saturated rings. The van der Waals surface area contributed by atoms with Gasteiger partial charge in [-0.2, -0.15) is 9.97 Å². The van der Waals surface area contributed by atoms with Crippen LogP contribution >= 0.6 is 0 Å². The van der Waals surface area contributed by atoms with Crippen LogP contribution in [0.1, 0.15) is 70.3 Å². The van der Waals surface area contributed by atoms with Gasteiger partial charge < -0.3 is 19.6 Å². The molecular formula is C44H45F3N6O3. The minimum atomic E-state index is -0.927. The number of ether oxygens (including phenoxy) is 1. The maximum atomic E-state index is 17.2. The number of rotatable bonds is 7. The number of nitrogens with zero attached hydrogens (tertiary/aromatic N) is 5. The third kappa shape index (κ3) is 5.25. The number of likely N-dealkylation sites (tertiary alicyclic amines) is 1. The summed E-state index contributed by atoms with van der Waals surface area (Å²) >= 11 is 0. The summed E-state index contributed by atoms with van der Waals surface area (Å²) in [7, 11) is 0. The van der Waals surface area contributed by atoms with Crippen LogP contribution in [0.3, 0.4) is 0 Å². The number of phenols is 1. The molecule has 2 aliphatic carbocycles. The summed E-state index contributed by atoms with van der Waals surface area (Å²) in [5.74, 6) is 2.93. The van der Waals surface area contributed by atoms with Crippen LogP contribution in [-0.2, 0) is 4.79 Å². The maximum absolute atomic E-state index is 17.2. The van der Waals surface area contributed by atoms with E-state index in [0.29, 0.717) is 72.0 Å². The van der Waals surface area contributed by atoms with Crippen molar-refractivity contribution in [2.45, 2.75) is 106 Å². The van der Waals surface area contributed by atoms with E-state index < -0.39 is 23.3 Å². The fourth-order valence-electron chi connectivity index (χ4n) is 11.5. The highest BCUT2D eigenvalue weighted by Gasteiger charge is 2.64. The number of fused-ring (bicyclic) bond motifs is 5. The zero-order valence-corrected chi connectivity index (χ0v) is 31.4. The van der Waals surface area contributed by atoms with Gasteiger partial charge in [0.05, 0.1) is 11.1 Å². The van der Waals surface area contributed by atoms with Crippen molar-refractivity contribution < 1.29 is 27.8 Å². The summed E-state index contributed by atoms with van der Waals surface area (Å²) in [6.07, 6.45) is 13.0. The molecule has 3 aromatic carbocycles. The Hall–Kier alpha value is -4.60. The summed E-state index contributed by atoms with van der Waals surface area (Å²) in [4.78, 5) is 30.2. The molecule has 5 aliphatic heterocycles. The van der Waals surface area contributed by atoms with E-state index in [1.165, 1.54) is 37.1 Å². The number of nitrogens with one attached hydrogen (secondary N) is 1. The lowest BCUT2D eigenvalue weighted by Gasteiger charge is -2.46. The molecule has 11 rings (SSSR count). The van der Waals surface area contributed by atoms with E-state index in [-0.39, 0.29) is 64.1 Å². The number of carbonyl (C=O) groups is 1. The summed E-state index contributed by atoms with van der Waals surface area (Å²) in [6.45, 7) is 3.96. The lowest BCUT2D eigenvalue weighted by Crippen LogP contribution is -2.57. The summed E-state index contributed by atoms with van der Waals surface area (Å²) < 4.78 is 53.6. The van der Waals surface area contributed by atoms with Crippen LogP contribution in [0.5, 0.6) is 11.8 Å². The van der Waals surface area contributed by atoms with Crippen LogP contribution < -0.4 is 15.0 Å². The van der Waals surface area contributed by atoms with Crippen LogP contribution in [0, 0.1) is 35.8 Å². The number of piperidine rings is 2. The summed E-state index contributed by atoms with van der Waals surface area (Å²) in [5.41, 5.74) is -0.357. The molecule has 1 aromatic heterocycles. The Balaban J connectivity index is 0.967. The Labute approximate surface area is 323 Å². The summed E-state index contributed by atoms with van der Waals surface area (Å²) in [5, 5.41) is 15.4. The van der Waals surface area contributed by atoms with Gasteiger partial charge in [0.2, 0.25) is 5.91 Å². The second kappa shape index (κ2) is 12.2. The standard InChI is InChI=1S/C44H45F3N6O3/c1-3-29-33(46)9-6-25-16-28(54)18-32(35(25)29)30-7-8-31-38(36(30)47)49-42(56-22-44-19-26-17-34(26)52(44)21-27(45)20-44)50-40(31)51-14-12-43(13-15-51)11-10-23(2)53(43)41(55)39-37(48-39)24-4-5-24/h1,6-9,16,18,23-24,26-27,34,37,39,48,54H,4-5,10-15,17,19-22H2,2H3/t23?,26?,27-,34?,37+,39-,44+/m1/s1. The lowest BCUT2D eigenvalue weighted by atomic mass is 9.84. The fourth-order valence-corrected chi connectivity index (χ4v) is 11.5. The topological polar surface area (TPSA) is 104 Å². The average Bonchev–Trinajstić information content (AvgIpc) is 4.11. The molecule has 9 nitrogen and oxygen atoms in total. The molecule has 7 atom stereocenters. The second-order valence-electron chi connectivity index (χ2n) is 17.9. The van der Waals surface area contributed by atoms with Crippen LogP contribution in [0.2, 0.25) is 0 Å². The van der Waals surface area contributed by atoms with Gasteiger partial charge in [-0.05, 0) is 105 Å². The molecule has 290 valence electrons. The Bertz CT molecular complexity index is 2370. The molecule has 4 aromatic rings. The highest BCUT2D eigenvalue weighted by atomic mass is 19.1. The van der Waals surface area contributed by atoms with E-state index in [9.17, 15) is 14.3 Å². The Morgan fingerprint density at radius 2 is 1.88 bits per heavy atom. The van der Waals surface area contributed by atoms with Gasteiger partial charge in [0.25, 0.3) is 0 Å². The number of amides is 1. The molecule has 56 heavy (non-hydrogen) atoms. The molecule has 1 amide bonds. The molecule has 2 N–H and O–H groups in total. The Morgan fingerprint density at radius 3 is 2.66 bits per heavy atom. The van der Waals surface area contributed by atoms with Crippen molar-refractivity contribution in [1.82, 2.24) is 25.1 Å². The van der Waals surface area contributed by atoms with Crippen LogP contribution in [0.4, 0.5) is 19.0 Å². The molecule has 3 unspecified atom stereocenters. The van der Waals surface area contributed by atoms with Gasteiger partial charge in [-0.15, -0.1) is 6.42 Å². The first-order chi connectivity index (χ1) is 27.1. The highest BCUT2D eigenvalue weighted by Crippen LogP contribution is 2.57. The van der Waals surface area contributed by atoms with Gasteiger partial charge >= 0.3 is 6.01 Å². The smallest absolute Gasteiger partial charge is 0.319 e. The summed E-state index contributed by atoms with van der Waals surface area (Å²) in [6, 6.07) is 9.79. The number of halogens is 3. The van der Waals surface area contributed by atoms with E-state index in [4.69, 9.17) is 16.1 Å². The van der Waals surface area contributed by atoms with Gasteiger partial charge in [-0.1, -0.05) is 18.1 Å². The van der Waals surface area contributed by atoms with E-state index >= 15 is 8.78 Å². The van der Waals surface area contributed by atoms with Gasteiger partial charge in [0.1, 0.15) is 41.7 Å². The molecule has 12 heteroatoms. The third-order valence-corrected chi connectivity index (χ3v) is 14.5. The maximum Gasteiger partial charge on any atom is 0.319 e. The van der Waals surface area contributed by atoms with E-state index in [1.807, 2.05) is 0 Å². The number of aromatic nitrogens is 2. The van der Waals surface area contributed by atoms with E-state index in [1.54, 1.807) is 12.1 Å². The number of phenolic OH excluding ortho intramolecular Hbond substituents is 1. The first-order valence-electron chi connectivity index (χ1n) is 20.4. The Kier molecular flexibility index (Phi) is 7.55. The first-order valence-corrected chi connectivity index (χ1v) is 20.4. The van der Waals surface area contributed by atoms with Crippen molar-refractivity contribution in [3.63, 3.8) is 0 Å². The van der Waals surface area contributed by atoms with Gasteiger partial charge in [0, 0.05) is 66.1 Å². The van der Waals surface area contributed by atoms with E-state index in [2.05, 4.69) is 37.8 Å². The molecule has 1 spiro atoms. The van der Waals surface area contributed by atoms with E-state index in [0.717, 1.165) is 38.5 Å². The minimum Gasteiger partial charge on any atom is -0.508 e. The van der Waals surface area contributed by atoms with Gasteiger partial charge in [0.15, 0.2) is 5.82 Å². The number of hydrogen-bond acceptors (Lipinski definition) is 8. The quantitative estimate of drug-likeness (QED) is 0.163. The Morgan fingerprint density at radius 1 is 1.05 bits per heavy atom. The van der Waals surface area contributed by atoms with Gasteiger partial charge in [-0.3, -0.25) is 15.0 Å². The number of carbonyl (C=O) groups excluding carboxylic acids is 1. The van der Waals surface area contributed by atoms with Crippen LogP contribution in [0.25, 0.3) is 32.8 Å². The van der Waals surface area contributed by atoms with Crippen molar-refractivity contribution in [1.29, 1.82) is 0 Å². The first kappa shape index (κ1) is 34.6. The zero-order chi connectivity index (χ0) is 38.2. The average molecular weight is 763 g/mol. The van der Waals surface area contributed by atoms with Crippen molar-refractivity contribution in [3.8, 4) is 35.2 Å². The normalized spacial score (nSPS) is 31.6. The van der Waals surface area contributed by atoms with Crippen LogP contribution in [-0.4, -0.2) is 98.4 Å². The molecular weight excluding hydrogens is 718 g/mol. The number of hydrogen-bond donors (Lipinski definition) is 2. The monoisotopic (exact) mass is 762 g/mol. The molecule has 7 aliphatic rings. The second-order valence-corrected chi connectivity index (χ2v) is 17.9.